The highest BCUT2D eigenvalue weighted by Crippen LogP contribution is 2.27. The summed E-state index contributed by atoms with van der Waals surface area (Å²) in [6.45, 7) is 8.58. The Morgan fingerprint density at radius 2 is 1.65 bits per heavy atom. The molecule has 1 saturated heterocycles. The normalized spacial score (nSPS) is 15.9. The van der Waals surface area contributed by atoms with E-state index in [4.69, 9.17) is 4.52 Å². The fourth-order valence-electron chi connectivity index (χ4n) is 3.81. The summed E-state index contributed by atoms with van der Waals surface area (Å²) in [7, 11) is -3.54. The highest BCUT2D eigenvalue weighted by molar-refractivity contribution is 7.89. The molecule has 34 heavy (non-hydrogen) atoms. The molecule has 4 rings (SSSR count). The Bertz CT molecular complexity index is 1250. The van der Waals surface area contributed by atoms with Crippen LogP contribution < -0.4 is 5.32 Å². The summed E-state index contributed by atoms with van der Waals surface area (Å²) >= 11 is 0. The van der Waals surface area contributed by atoms with Crippen molar-refractivity contribution in [2.75, 3.05) is 18.4 Å². The van der Waals surface area contributed by atoms with Crippen LogP contribution in [0.3, 0.4) is 0 Å². The average Bonchev–Trinajstić information content (AvgIpc) is 3.31. The van der Waals surface area contributed by atoms with E-state index in [2.05, 4.69) is 15.5 Å². The first-order valence-electron chi connectivity index (χ1n) is 11.4. The molecule has 3 aromatic rings. The third-order valence-corrected chi connectivity index (χ3v) is 7.87. The quantitative estimate of drug-likeness (QED) is 0.578. The van der Waals surface area contributed by atoms with Gasteiger partial charge in [-0.2, -0.15) is 9.29 Å². The van der Waals surface area contributed by atoms with Gasteiger partial charge in [-0.15, -0.1) is 0 Å². The first-order valence-corrected chi connectivity index (χ1v) is 12.8. The highest BCUT2D eigenvalue weighted by atomic mass is 32.2. The van der Waals surface area contributed by atoms with Crippen molar-refractivity contribution in [1.82, 2.24) is 14.4 Å². The molecule has 0 radical (unpaired) electrons. The lowest BCUT2D eigenvalue weighted by molar-refractivity contribution is -0.120. The van der Waals surface area contributed by atoms with Gasteiger partial charge in [-0.1, -0.05) is 43.6 Å². The van der Waals surface area contributed by atoms with Gasteiger partial charge in [0, 0.05) is 35.7 Å². The topological polar surface area (TPSA) is 105 Å². The third-order valence-electron chi connectivity index (χ3n) is 5.96. The number of hydrogen-bond donors (Lipinski definition) is 1. The number of anilines is 1. The van der Waals surface area contributed by atoms with Gasteiger partial charge in [-0.3, -0.25) is 4.79 Å². The maximum absolute atomic E-state index is 12.9. The Kier molecular flexibility index (Phi) is 6.60. The standard InChI is InChI=1S/C25H30N4O4S/c1-17-5-11-21(12-6-17)34(31,32)29-15-13-19(14-16-29)23(30)26-20-9-7-18(8-10-20)22-27-24(33-28-22)25(2,3)4/h5-12,19H,13-16H2,1-4H3,(H,26,30). The van der Waals surface area contributed by atoms with Gasteiger partial charge in [0.2, 0.25) is 27.6 Å². The number of nitrogens with one attached hydrogen (secondary N) is 1. The SMILES string of the molecule is Cc1ccc(S(=O)(=O)N2CCC(C(=O)Nc3ccc(-c4noc(C(C)(C)C)n4)cc3)CC2)cc1. The third kappa shape index (κ3) is 5.20. The van der Waals surface area contributed by atoms with Crippen molar-refractivity contribution in [2.24, 2.45) is 5.92 Å². The van der Waals surface area contributed by atoms with Crippen LogP contribution in [0.4, 0.5) is 5.69 Å². The molecule has 0 unspecified atom stereocenters. The summed E-state index contributed by atoms with van der Waals surface area (Å²) in [5, 5.41) is 6.98. The van der Waals surface area contributed by atoms with Crippen molar-refractivity contribution in [3.05, 3.63) is 60.0 Å². The van der Waals surface area contributed by atoms with E-state index < -0.39 is 10.0 Å². The molecule has 0 aliphatic carbocycles. The Hall–Kier alpha value is -3.04. The number of hydrogen-bond acceptors (Lipinski definition) is 6. The molecule has 0 spiro atoms. The number of amides is 1. The smallest absolute Gasteiger partial charge is 0.243 e. The minimum absolute atomic E-state index is 0.102. The maximum atomic E-state index is 12.9. The molecule has 0 atom stereocenters. The molecule has 1 aromatic heterocycles. The van der Waals surface area contributed by atoms with E-state index in [1.165, 1.54) is 4.31 Å². The number of carbonyl (C=O) groups excluding carboxylic acids is 1. The van der Waals surface area contributed by atoms with Crippen molar-refractivity contribution in [3.63, 3.8) is 0 Å². The van der Waals surface area contributed by atoms with E-state index in [1.54, 1.807) is 36.4 Å². The molecule has 1 fully saturated rings. The number of nitrogens with zero attached hydrogens (tertiary/aromatic N) is 3. The Morgan fingerprint density at radius 1 is 1.03 bits per heavy atom. The van der Waals surface area contributed by atoms with Crippen LogP contribution in [0.15, 0.2) is 57.9 Å². The van der Waals surface area contributed by atoms with Crippen LogP contribution in [0, 0.1) is 12.8 Å². The van der Waals surface area contributed by atoms with Gasteiger partial charge in [-0.25, -0.2) is 8.42 Å². The monoisotopic (exact) mass is 482 g/mol. The van der Waals surface area contributed by atoms with Crippen LogP contribution in [0.25, 0.3) is 11.4 Å². The molecular weight excluding hydrogens is 452 g/mol. The zero-order valence-corrected chi connectivity index (χ0v) is 20.7. The Labute approximate surface area is 200 Å². The largest absolute Gasteiger partial charge is 0.338 e. The molecule has 1 aliphatic rings. The van der Waals surface area contributed by atoms with E-state index in [0.717, 1.165) is 11.1 Å². The van der Waals surface area contributed by atoms with Crippen LogP contribution in [0.1, 0.15) is 45.1 Å². The summed E-state index contributed by atoms with van der Waals surface area (Å²) in [5.41, 5.74) is 2.25. The minimum atomic E-state index is -3.54. The van der Waals surface area contributed by atoms with Crippen molar-refractivity contribution < 1.29 is 17.7 Å². The molecule has 9 heteroatoms. The minimum Gasteiger partial charge on any atom is -0.338 e. The summed E-state index contributed by atoms with van der Waals surface area (Å²) in [6.07, 6.45) is 0.959. The number of aromatic nitrogens is 2. The van der Waals surface area contributed by atoms with Gasteiger partial charge in [0.25, 0.3) is 0 Å². The molecule has 2 aromatic carbocycles. The number of aryl methyl sites for hydroxylation is 1. The summed E-state index contributed by atoms with van der Waals surface area (Å²) < 4.78 is 32.6. The molecule has 1 aliphatic heterocycles. The van der Waals surface area contributed by atoms with Gasteiger partial charge in [-0.05, 0) is 56.2 Å². The first kappa shape index (κ1) is 24.1. The predicted octanol–water partition coefficient (Wildman–Crippen LogP) is 4.38. The number of carbonyl (C=O) groups is 1. The van der Waals surface area contributed by atoms with Crippen LogP contribution in [0.5, 0.6) is 0 Å². The first-order chi connectivity index (χ1) is 16.0. The maximum Gasteiger partial charge on any atom is 0.243 e. The predicted molar refractivity (Wildman–Crippen MR) is 130 cm³/mol. The average molecular weight is 483 g/mol. The lowest BCUT2D eigenvalue weighted by Crippen LogP contribution is -2.41. The van der Waals surface area contributed by atoms with E-state index in [-0.39, 0.29) is 22.1 Å². The second kappa shape index (κ2) is 9.31. The fourth-order valence-corrected chi connectivity index (χ4v) is 5.28. The summed E-state index contributed by atoms with van der Waals surface area (Å²) in [5.74, 6) is 0.728. The van der Waals surface area contributed by atoms with Gasteiger partial charge < -0.3 is 9.84 Å². The molecule has 180 valence electrons. The lowest BCUT2D eigenvalue weighted by atomic mass is 9.97. The molecular formula is C25H30N4O4S. The van der Waals surface area contributed by atoms with E-state index in [9.17, 15) is 13.2 Å². The fraction of sp³-hybridized carbons (Fsp3) is 0.400. The van der Waals surface area contributed by atoms with Crippen LogP contribution in [-0.2, 0) is 20.2 Å². The highest BCUT2D eigenvalue weighted by Gasteiger charge is 2.32. The molecule has 1 amide bonds. The van der Waals surface area contributed by atoms with Crippen molar-refractivity contribution >= 4 is 21.6 Å². The Balaban J connectivity index is 1.34. The molecule has 0 bridgehead atoms. The van der Waals surface area contributed by atoms with E-state index in [1.807, 2.05) is 39.8 Å². The Morgan fingerprint density at radius 3 is 2.21 bits per heavy atom. The van der Waals surface area contributed by atoms with Crippen molar-refractivity contribution in [1.29, 1.82) is 0 Å². The van der Waals surface area contributed by atoms with E-state index >= 15 is 0 Å². The van der Waals surface area contributed by atoms with Crippen LogP contribution in [-0.4, -0.2) is 41.9 Å². The summed E-state index contributed by atoms with van der Waals surface area (Å²) in [6, 6.07) is 14.1. The molecule has 1 N–H and O–H groups in total. The number of sulfonamides is 1. The van der Waals surface area contributed by atoms with Gasteiger partial charge in [0.15, 0.2) is 0 Å². The number of benzene rings is 2. The number of rotatable bonds is 5. The van der Waals surface area contributed by atoms with Gasteiger partial charge >= 0.3 is 0 Å². The van der Waals surface area contributed by atoms with E-state index in [0.29, 0.717) is 43.3 Å². The van der Waals surface area contributed by atoms with Crippen molar-refractivity contribution in [2.45, 2.75) is 50.8 Å². The second-order valence-corrected chi connectivity index (χ2v) is 11.7. The lowest BCUT2D eigenvalue weighted by Gasteiger charge is -2.30. The molecule has 8 nitrogen and oxygen atoms in total. The summed E-state index contributed by atoms with van der Waals surface area (Å²) in [4.78, 5) is 17.5. The molecule has 0 saturated carbocycles. The number of piperidine rings is 1. The zero-order valence-electron chi connectivity index (χ0n) is 19.9. The van der Waals surface area contributed by atoms with Crippen LogP contribution >= 0.6 is 0 Å². The second-order valence-electron chi connectivity index (χ2n) is 9.73. The zero-order chi connectivity index (χ0) is 24.5. The van der Waals surface area contributed by atoms with Gasteiger partial charge in [0.1, 0.15) is 0 Å². The van der Waals surface area contributed by atoms with Crippen molar-refractivity contribution in [3.8, 4) is 11.4 Å². The van der Waals surface area contributed by atoms with Gasteiger partial charge in [0.05, 0.1) is 4.90 Å². The van der Waals surface area contributed by atoms with Crippen LogP contribution in [0.2, 0.25) is 0 Å². The molecule has 2 heterocycles.